The van der Waals surface area contributed by atoms with Gasteiger partial charge in [-0.15, -0.1) is 0 Å². The molecule has 0 aliphatic carbocycles. The Morgan fingerprint density at radius 3 is 3.00 bits per heavy atom. The topological polar surface area (TPSA) is 43.6 Å². The van der Waals surface area contributed by atoms with E-state index in [0.717, 1.165) is 13.0 Å². The van der Waals surface area contributed by atoms with Gasteiger partial charge in [0, 0.05) is 0 Å². The number of fused-ring (bicyclic) bond motifs is 1. The fraction of sp³-hybridized carbons (Fsp3) is 0.429. The second-order valence-electron chi connectivity index (χ2n) is 2.57. The molecule has 0 radical (unpaired) electrons. The van der Waals surface area contributed by atoms with E-state index in [2.05, 4.69) is 15.3 Å². The van der Waals surface area contributed by atoms with E-state index in [0.29, 0.717) is 0 Å². The average Bonchev–Trinajstić information content (AvgIpc) is 2.05. The predicted molar refractivity (Wildman–Crippen MR) is 35.0 cm³/mol. The van der Waals surface area contributed by atoms with Crippen LogP contribution >= 0.6 is 0 Å². The molecular weight excluding hydrogens is 197 g/mol. The van der Waals surface area contributed by atoms with Gasteiger partial charge in [-0.3, -0.25) is 0 Å². The summed E-state index contributed by atoms with van der Waals surface area (Å²) in [6.07, 6.45) is 4.91. The first kappa shape index (κ1) is 11.6. The first-order valence-corrected chi connectivity index (χ1v) is 3.62. The predicted octanol–water partition coefficient (Wildman–Crippen LogP) is -7.48. The Labute approximate surface area is 83.8 Å². The van der Waals surface area contributed by atoms with E-state index in [1.807, 2.05) is 6.20 Å². The number of nitrogens with zero attached hydrogens (tertiary/aromatic N) is 1. The lowest BCUT2D eigenvalue weighted by Crippen LogP contribution is -3.00. The molecule has 0 saturated heterocycles. The Morgan fingerprint density at radius 1 is 1.42 bits per heavy atom. The highest BCUT2D eigenvalue weighted by atomic mass is 35.5. The Hall–Kier alpha value is -0.380. The third-order valence-corrected chi connectivity index (χ3v) is 1.87. The molecule has 2 heterocycles. The number of rotatable bonds is 0. The number of quaternary nitrogens is 1. The molecule has 0 saturated carbocycles. The molecular formula is C7H11Cl2N3. The molecule has 0 atom stereocenters. The van der Waals surface area contributed by atoms with Crippen molar-refractivity contribution in [3.63, 3.8) is 0 Å². The molecule has 3 N–H and O–H groups in total. The van der Waals surface area contributed by atoms with E-state index >= 15 is 0 Å². The quantitative estimate of drug-likeness (QED) is 0.452. The van der Waals surface area contributed by atoms with Gasteiger partial charge in [0.05, 0.1) is 18.5 Å². The van der Waals surface area contributed by atoms with Crippen LogP contribution in [0.3, 0.4) is 0 Å². The van der Waals surface area contributed by atoms with Gasteiger partial charge in [0.1, 0.15) is 12.7 Å². The zero-order chi connectivity index (χ0) is 6.81. The third kappa shape index (κ3) is 2.30. The largest absolute Gasteiger partial charge is 1.00 e. The fourth-order valence-corrected chi connectivity index (χ4v) is 1.32. The van der Waals surface area contributed by atoms with Gasteiger partial charge in [-0.25, -0.2) is 4.98 Å². The van der Waals surface area contributed by atoms with Gasteiger partial charge in [-0.05, 0) is 0 Å². The monoisotopic (exact) mass is 207 g/mol. The van der Waals surface area contributed by atoms with Gasteiger partial charge in [0.25, 0.3) is 6.33 Å². The zero-order valence-corrected chi connectivity index (χ0v) is 8.07. The summed E-state index contributed by atoms with van der Waals surface area (Å²) in [5.41, 5.74) is 2.62. The number of hydrogen-bond acceptors (Lipinski definition) is 1. The van der Waals surface area contributed by atoms with Crippen LogP contribution in [-0.4, -0.2) is 11.5 Å². The summed E-state index contributed by atoms with van der Waals surface area (Å²) in [4.78, 5) is 7.23. The van der Waals surface area contributed by atoms with Crippen LogP contribution < -0.4 is 35.1 Å². The van der Waals surface area contributed by atoms with Crippen molar-refractivity contribution in [3.8, 4) is 0 Å². The molecule has 1 aromatic heterocycles. The number of aromatic amines is 1. The highest BCUT2D eigenvalue weighted by molar-refractivity contribution is 5.13. The molecule has 1 aliphatic rings. The SMILES string of the molecule is [Cl-].[Cl-].c1nc2c(c[nH+]1)C[NH2+]CC2. The molecule has 0 unspecified atom stereocenters. The normalized spacial score (nSPS) is 13.7. The lowest BCUT2D eigenvalue weighted by Gasteiger charge is -2.06. The van der Waals surface area contributed by atoms with E-state index in [9.17, 15) is 0 Å². The molecule has 2 rings (SSSR count). The smallest absolute Gasteiger partial charge is 0.284 e. The standard InChI is InChI=1S/C7H9N3.2ClH/c1-2-8-3-6-4-9-5-10-7(1)6;;/h4-5,8H,1-3H2;2*1H. The number of nitrogens with two attached hydrogens (primary N) is 1. The van der Waals surface area contributed by atoms with E-state index in [1.54, 1.807) is 6.33 Å². The lowest BCUT2D eigenvalue weighted by molar-refractivity contribution is -0.674. The van der Waals surface area contributed by atoms with Crippen molar-refractivity contribution in [2.75, 3.05) is 6.54 Å². The maximum absolute atomic E-state index is 4.24. The van der Waals surface area contributed by atoms with Crippen LogP contribution in [0, 0.1) is 0 Å². The minimum Gasteiger partial charge on any atom is -1.00 e. The highest BCUT2D eigenvalue weighted by Gasteiger charge is 2.15. The Kier molecular flexibility index (Phi) is 5.13. The highest BCUT2D eigenvalue weighted by Crippen LogP contribution is 2.02. The number of nitrogens with one attached hydrogen (secondary N) is 1. The van der Waals surface area contributed by atoms with Crippen molar-refractivity contribution in [2.24, 2.45) is 0 Å². The summed E-state index contributed by atoms with van der Waals surface area (Å²) in [6, 6.07) is 0. The lowest BCUT2D eigenvalue weighted by atomic mass is 10.1. The van der Waals surface area contributed by atoms with Gasteiger partial charge in [-0.1, -0.05) is 4.98 Å². The van der Waals surface area contributed by atoms with E-state index < -0.39 is 0 Å². The maximum Gasteiger partial charge on any atom is 0.284 e. The van der Waals surface area contributed by atoms with Crippen LogP contribution in [0.1, 0.15) is 11.3 Å². The summed E-state index contributed by atoms with van der Waals surface area (Å²) in [5, 5.41) is 2.30. The van der Waals surface area contributed by atoms with E-state index in [1.165, 1.54) is 17.8 Å². The first-order chi connectivity index (χ1) is 4.97. The molecule has 0 bridgehead atoms. The van der Waals surface area contributed by atoms with Crippen molar-refractivity contribution < 1.29 is 35.1 Å². The average molecular weight is 208 g/mol. The molecule has 0 spiro atoms. The molecule has 0 aromatic carbocycles. The van der Waals surface area contributed by atoms with Crippen LogP contribution in [0.2, 0.25) is 0 Å². The molecule has 3 nitrogen and oxygen atoms in total. The van der Waals surface area contributed by atoms with Crippen LogP contribution in [-0.2, 0) is 13.0 Å². The van der Waals surface area contributed by atoms with Crippen molar-refractivity contribution in [1.29, 1.82) is 0 Å². The number of halogens is 2. The molecule has 12 heavy (non-hydrogen) atoms. The summed E-state index contributed by atoms with van der Waals surface area (Å²) in [6.45, 7) is 2.27. The molecule has 5 heteroatoms. The molecule has 0 fully saturated rings. The molecule has 1 aliphatic heterocycles. The van der Waals surface area contributed by atoms with Gasteiger partial charge in [0.2, 0.25) is 0 Å². The minimum atomic E-state index is 0. The molecule has 68 valence electrons. The van der Waals surface area contributed by atoms with Gasteiger partial charge in [0.15, 0.2) is 5.69 Å². The number of H-pyrrole nitrogens is 1. The Balaban J connectivity index is 0.000000605. The second-order valence-corrected chi connectivity index (χ2v) is 2.57. The van der Waals surface area contributed by atoms with Crippen molar-refractivity contribution in [3.05, 3.63) is 23.8 Å². The van der Waals surface area contributed by atoms with Crippen LogP contribution in [0.4, 0.5) is 0 Å². The zero-order valence-electron chi connectivity index (χ0n) is 6.56. The summed E-state index contributed by atoms with van der Waals surface area (Å²) >= 11 is 0. The molecule has 0 amide bonds. The first-order valence-electron chi connectivity index (χ1n) is 3.62. The van der Waals surface area contributed by atoms with Crippen LogP contribution in [0.5, 0.6) is 0 Å². The van der Waals surface area contributed by atoms with Gasteiger partial charge >= 0.3 is 0 Å². The third-order valence-electron chi connectivity index (χ3n) is 1.87. The Bertz CT molecular complexity index is 217. The molecule has 1 aromatic rings. The second kappa shape index (κ2) is 5.30. The summed E-state index contributed by atoms with van der Waals surface area (Å²) < 4.78 is 0. The number of aromatic nitrogens is 2. The fourth-order valence-electron chi connectivity index (χ4n) is 1.32. The minimum absolute atomic E-state index is 0. The van der Waals surface area contributed by atoms with Crippen molar-refractivity contribution in [2.45, 2.75) is 13.0 Å². The van der Waals surface area contributed by atoms with Gasteiger partial charge in [-0.2, -0.15) is 0 Å². The van der Waals surface area contributed by atoms with E-state index in [-0.39, 0.29) is 24.8 Å². The van der Waals surface area contributed by atoms with E-state index in [4.69, 9.17) is 0 Å². The van der Waals surface area contributed by atoms with Crippen LogP contribution in [0.15, 0.2) is 12.5 Å². The Morgan fingerprint density at radius 2 is 2.25 bits per heavy atom. The van der Waals surface area contributed by atoms with Gasteiger partial charge < -0.3 is 30.1 Å². The maximum atomic E-state index is 4.24. The summed E-state index contributed by atoms with van der Waals surface area (Å²) in [7, 11) is 0. The van der Waals surface area contributed by atoms with Crippen molar-refractivity contribution in [1.82, 2.24) is 4.98 Å². The van der Waals surface area contributed by atoms with Crippen molar-refractivity contribution >= 4 is 0 Å². The van der Waals surface area contributed by atoms with Crippen LogP contribution in [0.25, 0.3) is 0 Å². The summed E-state index contributed by atoms with van der Waals surface area (Å²) in [5.74, 6) is 0. The number of hydrogen-bond donors (Lipinski definition) is 1.